The van der Waals surface area contributed by atoms with Crippen molar-refractivity contribution in [3.05, 3.63) is 53.6 Å². The van der Waals surface area contributed by atoms with Crippen LogP contribution >= 0.6 is 0 Å². The Morgan fingerprint density at radius 2 is 1.41 bits per heavy atom. The number of fused-ring (bicyclic) bond motifs is 5. The molecule has 5 rings (SSSR count). The van der Waals surface area contributed by atoms with Gasteiger partial charge in [0, 0.05) is 11.5 Å². The van der Waals surface area contributed by atoms with Crippen molar-refractivity contribution >= 4 is 16.9 Å². The maximum absolute atomic E-state index is 13.6. The fourth-order valence-corrected chi connectivity index (χ4v) is 6.03. The summed E-state index contributed by atoms with van der Waals surface area (Å²) in [6.07, 6.45) is 3.58. The normalized spacial score (nSPS) is 27.3. The van der Waals surface area contributed by atoms with Crippen LogP contribution in [-0.2, 0) is 4.79 Å². The number of allylic oxidation sites excluding steroid dienone is 2. The molecule has 0 radical (unpaired) electrons. The van der Waals surface area contributed by atoms with Crippen molar-refractivity contribution in [3.8, 4) is 17.2 Å². The maximum Gasteiger partial charge on any atom is 0.203 e. The summed E-state index contributed by atoms with van der Waals surface area (Å²) in [6.45, 7) is 0. The molecule has 2 saturated carbocycles. The minimum Gasteiger partial charge on any atom is -0.493 e. The number of Topliss-reactive ketones (excluding diaryl/α,β-unsaturated/α-hetero) is 1. The number of carbonyl (C=O) groups excluding carboxylic acids is 1. The van der Waals surface area contributed by atoms with Gasteiger partial charge in [-0.15, -0.1) is 0 Å². The smallest absolute Gasteiger partial charge is 0.203 e. The molecule has 150 valence electrons. The van der Waals surface area contributed by atoms with Crippen molar-refractivity contribution in [2.75, 3.05) is 21.3 Å². The van der Waals surface area contributed by atoms with Gasteiger partial charge < -0.3 is 14.2 Å². The van der Waals surface area contributed by atoms with Crippen LogP contribution in [0.25, 0.3) is 11.1 Å². The van der Waals surface area contributed by atoms with Crippen molar-refractivity contribution in [1.29, 1.82) is 0 Å². The molecule has 4 atom stereocenters. The van der Waals surface area contributed by atoms with E-state index in [1.807, 2.05) is 42.5 Å². The van der Waals surface area contributed by atoms with Crippen molar-refractivity contribution in [3.63, 3.8) is 0 Å². The SMILES string of the molecule is COc1cc(C2=C(c3ccccc3)C(=O)C3C2[C@@H]2CC[C@H]3C2)cc(OC)c1OC. The first-order valence-electron chi connectivity index (χ1n) is 10.3. The molecule has 0 amide bonds. The lowest BCUT2D eigenvalue weighted by Crippen LogP contribution is -2.24. The van der Waals surface area contributed by atoms with E-state index in [1.54, 1.807) is 21.3 Å². The molecule has 3 aliphatic carbocycles. The highest BCUT2D eigenvalue weighted by Gasteiger charge is 2.57. The van der Waals surface area contributed by atoms with Gasteiger partial charge in [-0.25, -0.2) is 0 Å². The van der Waals surface area contributed by atoms with Crippen molar-refractivity contribution in [1.82, 2.24) is 0 Å². The Morgan fingerprint density at radius 1 is 0.793 bits per heavy atom. The van der Waals surface area contributed by atoms with Gasteiger partial charge >= 0.3 is 0 Å². The Hall–Kier alpha value is -2.75. The Bertz CT molecular complexity index is 966. The molecule has 0 aliphatic heterocycles. The average Bonchev–Trinajstić information content (AvgIpc) is 3.45. The molecule has 0 heterocycles. The quantitative estimate of drug-likeness (QED) is 0.731. The monoisotopic (exact) mass is 390 g/mol. The zero-order valence-corrected chi connectivity index (χ0v) is 17.1. The molecule has 0 saturated heterocycles. The predicted octanol–water partition coefficient (Wildman–Crippen LogP) is 4.87. The Balaban J connectivity index is 1.75. The molecule has 0 aromatic heterocycles. The van der Waals surface area contributed by atoms with Crippen LogP contribution in [0.15, 0.2) is 42.5 Å². The molecular formula is C25H26O4. The molecule has 2 aromatic carbocycles. The van der Waals surface area contributed by atoms with Gasteiger partial charge in [-0.3, -0.25) is 4.79 Å². The molecule has 2 unspecified atom stereocenters. The highest BCUT2D eigenvalue weighted by Crippen LogP contribution is 2.63. The highest BCUT2D eigenvalue weighted by molar-refractivity contribution is 6.33. The number of hydrogen-bond donors (Lipinski definition) is 0. The second kappa shape index (κ2) is 6.94. The van der Waals surface area contributed by atoms with Crippen LogP contribution in [-0.4, -0.2) is 27.1 Å². The standard InChI is InChI=1S/C25H26O4/c1-27-18-12-17(13-19(28-2)25(18)29-3)21-20-15-9-10-16(11-15)23(20)24(26)22(21)14-7-5-4-6-8-14/h4-8,12-13,15-16,20,23H,9-11H2,1-3H3/t15-,16+,20?,23?/m1/s1. The summed E-state index contributed by atoms with van der Waals surface area (Å²) < 4.78 is 16.7. The number of hydrogen-bond acceptors (Lipinski definition) is 4. The van der Waals surface area contributed by atoms with Gasteiger partial charge in [0.15, 0.2) is 17.3 Å². The minimum atomic E-state index is 0.123. The van der Waals surface area contributed by atoms with E-state index in [1.165, 1.54) is 19.3 Å². The lowest BCUT2D eigenvalue weighted by atomic mass is 9.77. The lowest BCUT2D eigenvalue weighted by Gasteiger charge is -2.26. The van der Waals surface area contributed by atoms with E-state index in [0.29, 0.717) is 40.8 Å². The second-order valence-corrected chi connectivity index (χ2v) is 8.32. The number of rotatable bonds is 5. The summed E-state index contributed by atoms with van der Waals surface area (Å²) in [5.74, 6) is 3.67. The molecule has 4 heteroatoms. The van der Waals surface area contributed by atoms with E-state index < -0.39 is 0 Å². The van der Waals surface area contributed by atoms with Crippen LogP contribution in [0.4, 0.5) is 0 Å². The van der Waals surface area contributed by atoms with Crippen molar-refractivity contribution in [2.45, 2.75) is 19.3 Å². The zero-order chi connectivity index (χ0) is 20.1. The fourth-order valence-electron chi connectivity index (χ4n) is 6.03. The summed E-state index contributed by atoms with van der Waals surface area (Å²) in [5.41, 5.74) is 4.06. The highest BCUT2D eigenvalue weighted by atomic mass is 16.5. The van der Waals surface area contributed by atoms with Crippen LogP contribution in [0.2, 0.25) is 0 Å². The largest absolute Gasteiger partial charge is 0.493 e. The lowest BCUT2D eigenvalue weighted by molar-refractivity contribution is -0.118. The molecule has 0 spiro atoms. The van der Waals surface area contributed by atoms with E-state index in [9.17, 15) is 4.79 Å². The fraction of sp³-hybridized carbons (Fsp3) is 0.400. The number of carbonyl (C=O) groups is 1. The van der Waals surface area contributed by atoms with Gasteiger partial charge in [0.2, 0.25) is 5.75 Å². The van der Waals surface area contributed by atoms with Gasteiger partial charge in [0.05, 0.1) is 21.3 Å². The Kier molecular flexibility index (Phi) is 4.38. The number of benzene rings is 2. The topological polar surface area (TPSA) is 44.8 Å². The van der Waals surface area contributed by atoms with Gasteiger partial charge in [-0.2, -0.15) is 0 Å². The van der Waals surface area contributed by atoms with E-state index in [2.05, 4.69) is 0 Å². The van der Waals surface area contributed by atoms with Gasteiger partial charge in [-0.1, -0.05) is 30.3 Å². The van der Waals surface area contributed by atoms with E-state index >= 15 is 0 Å². The predicted molar refractivity (Wildman–Crippen MR) is 112 cm³/mol. The van der Waals surface area contributed by atoms with Crippen LogP contribution in [0.3, 0.4) is 0 Å². The summed E-state index contributed by atoms with van der Waals surface area (Å²) >= 11 is 0. The summed E-state index contributed by atoms with van der Waals surface area (Å²) in [4.78, 5) is 13.6. The molecular weight excluding hydrogens is 364 g/mol. The number of methoxy groups -OCH3 is 3. The molecule has 2 bridgehead atoms. The van der Waals surface area contributed by atoms with E-state index in [4.69, 9.17) is 14.2 Å². The Labute approximate surface area is 171 Å². The third-order valence-corrected chi connectivity index (χ3v) is 7.11. The number of ketones is 1. The third kappa shape index (κ3) is 2.61. The van der Waals surface area contributed by atoms with Gasteiger partial charge in [0.1, 0.15) is 0 Å². The van der Waals surface area contributed by atoms with Gasteiger partial charge in [-0.05, 0) is 65.8 Å². The van der Waals surface area contributed by atoms with E-state index in [0.717, 1.165) is 22.3 Å². The molecule has 2 fully saturated rings. The number of ether oxygens (including phenoxy) is 3. The summed E-state index contributed by atoms with van der Waals surface area (Å²) in [6, 6.07) is 14.1. The first-order chi connectivity index (χ1) is 14.2. The Morgan fingerprint density at radius 3 is 2.00 bits per heavy atom. The summed E-state index contributed by atoms with van der Waals surface area (Å²) in [7, 11) is 4.88. The molecule has 2 aromatic rings. The second-order valence-electron chi connectivity index (χ2n) is 8.32. The van der Waals surface area contributed by atoms with Crippen molar-refractivity contribution < 1.29 is 19.0 Å². The van der Waals surface area contributed by atoms with Crippen LogP contribution < -0.4 is 14.2 Å². The average molecular weight is 390 g/mol. The maximum atomic E-state index is 13.6. The van der Waals surface area contributed by atoms with E-state index in [-0.39, 0.29) is 5.92 Å². The molecule has 0 N–H and O–H groups in total. The van der Waals surface area contributed by atoms with Gasteiger partial charge in [0.25, 0.3) is 0 Å². The van der Waals surface area contributed by atoms with Crippen LogP contribution in [0.1, 0.15) is 30.4 Å². The van der Waals surface area contributed by atoms with Crippen LogP contribution in [0.5, 0.6) is 17.2 Å². The zero-order valence-electron chi connectivity index (χ0n) is 17.1. The molecule has 4 nitrogen and oxygen atoms in total. The minimum absolute atomic E-state index is 0.123. The van der Waals surface area contributed by atoms with Crippen LogP contribution in [0, 0.1) is 23.7 Å². The third-order valence-electron chi connectivity index (χ3n) is 7.11. The first-order valence-corrected chi connectivity index (χ1v) is 10.3. The molecule has 29 heavy (non-hydrogen) atoms. The first kappa shape index (κ1) is 18.3. The summed E-state index contributed by atoms with van der Waals surface area (Å²) in [5, 5.41) is 0. The van der Waals surface area contributed by atoms with Crippen molar-refractivity contribution in [2.24, 2.45) is 23.7 Å². The molecule has 3 aliphatic rings.